The first-order valence-corrected chi connectivity index (χ1v) is 13.7. The SMILES string of the molecule is COc1ccc(NC(=O)Cn2c3c(sc2=O)[C@@H](c2ccc(OC)cc2)[C@@H]2[C@H]4CC[C@@H](C4)[C@H]2S3)cc1. The summed E-state index contributed by atoms with van der Waals surface area (Å²) < 4.78 is 12.3. The van der Waals surface area contributed by atoms with E-state index in [1.54, 1.807) is 43.1 Å². The highest BCUT2D eigenvalue weighted by molar-refractivity contribution is 8.00. The maximum atomic E-state index is 13.2. The van der Waals surface area contributed by atoms with Crippen molar-refractivity contribution in [1.82, 2.24) is 4.57 Å². The Kier molecular flexibility index (Phi) is 5.89. The van der Waals surface area contributed by atoms with Crippen molar-refractivity contribution in [2.45, 2.75) is 42.0 Å². The number of carbonyl (C=O) groups excluding carboxylic acids is 1. The van der Waals surface area contributed by atoms with Gasteiger partial charge >= 0.3 is 4.87 Å². The lowest BCUT2D eigenvalue weighted by Gasteiger charge is -2.40. The second-order valence-electron chi connectivity index (χ2n) is 9.64. The van der Waals surface area contributed by atoms with Crippen LogP contribution >= 0.6 is 23.1 Å². The van der Waals surface area contributed by atoms with Gasteiger partial charge in [0.15, 0.2) is 0 Å². The van der Waals surface area contributed by atoms with Gasteiger partial charge in [-0.05, 0) is 79.0 Å². The van der Waals surface area contributed by atoms with Crippen LogP contribution in [0.5, 0.6) is 11.5 Å². The van der Waals surface area contributed by atoms with Gasteiger partial charge in [-0.1, -0.05) is 23.5 Å². The number of amides is 1. The zero-order chi connectivity index (χ0) is 24.1. The fourth-order valence-electron chi connectivity index (χ4n) is 6.29. The van der Waals surface area contributed by atoms with E-state index in [1.165, 1.54) is 36.2 Å². The molecule has 182 valence electrons. The Bertz CT molecular complexity index is 1300. The molecule has 2 fully saturated rings. The molecule has 0 spiro atoms. The first kappa shape index (κ1) is 22.7. The minimum absolute atomic E-state index is 0.0184. The highest BCUT2D eigenvalue weighted by Gasteiger charge is 2.55. The van der Waals surface area contributed by atoms with E-state index in [2.05, 4.69) is 17.4 Å². The zero-order valence-electron chi connectivity index (χ0n) is 19.7. The van der Waals surface area contributed by atoms with Crippen LogP contribution < -0.4 is 19.7 Å². The number of thioether (sulfide) groups is 1. The van der Waals surface area contributed by atoms with Crippen molar-refractivity contribution in [1.29, 1.82) is 0 Å². The lowest BCUT2D eigenvalue weighted by atomic mass is 9.75. The standard InChI is InChI=1S/C27H28N2O4S2/c1-32-19-9-5-15(6-10-19)22-23-16-3-4-17(13-16)24(23)34-26-25(22)35-27(31)29(26)14-21(30)28-18-7-11-20(33-2)12-8-18/h5-12,16-17,22-24H,3-4,13-14H2,1-2H3,(H,28,30)/t16-,17-,22-,23-,24+/m0/s1. The van der Waals surface area contributed by atoms with E-state index in [9.17, 15) is 9.59 Å². The molecule has 2 aliphatic carbocycles. The lowest BCUT2D eigenvalue weighted by Crippen LogP contribution is -2.34. The Morgan fingerprint density at radius 3 is 2.34 bits per heavy atom. The van der Waals surface area contributed by atoms with Gasteiger partial charge in [0.2, 0.25) is 5.91 Å². The van der Waals surface area contributed by atoms with Crippen LogP contribution in [0.3, 0.4) is 0 Å². The van der Waals surface area contributed by atoms with Crippen LogP contribution in [0.2, 0.25) is 0 Å². The molecule has 35 heavy (non-hydrogen) atoms. The van der Waals surface area contributed by atoms with Crippen LogP contribution in [0.25, 0.3) is 0 Å². The average molecular weight is 509 g/mol. The number of hydrogen-bond acceptors (Lipinski definition) is 6. The van der Waals surface area contributed by atoms with E-state index >= 15 is 0 Å². The molecule has 2 aromatic carbocycles. The molecule has 0 unspecified atom stereocenters. The molecule has 5 atom stereocenters. The van der Waals surface area contributed by atoms with Crippen molar-refractivity contribution < 1.29 is 14.3 Å². The number of hydrogen-bond donors (Lipinski definition) is 1. The van der Waals surface area contributed by atoms with Gasteiger partial charge in [0.05, 0.1) is 19.2 Å². The molecule has 6 rings (SSSR count). The van der Waals surface area contributed by atoms with Gasteiger partial charge in [-0.25, -0.2) is 0 Å². The molecule has 0 saturated heterocycles. The summed E-state index contributed by atoms with van der Waals surface area (Å²) >= 11 is 3.17. The summed E-state index contributed by atoms with van der Waals surface area (Å²) in [6.07, 6.45) is 3.84. The molecule has 1 aromatic heterocycles. The molecule has 2 saturated carbocycles. The maximum Gasteiger partial charge on any atom is 0.308 e. The van der Waals surface area contributed by atoms with Crippen LogP contribution in [-0.4, -0.2) is 29.9 Å². The van der Waals surface area contributed by atoms with Crippen molar-refractivity contribution in [2.24, 2.45) is 17.8 Å². The summed E-state index contributed by atoms with van der Waals surface area (Å²) in [6.45, 7) is 0.0184. The quantitative estimate of drug-likeness (QED) is 0.495. The van der Waals surface area contributed by atoms with Crippen LogP contribution in [0, 0.1) is 17.8 Å². The van der Waals surface area contributed by atoms with Gasteiger partial charge in [0, 0.05) is 21.7 Å². The lowest BCUT2D eigenvalue weighted by molar-refractivity contribution is -0.116. The van der Waals surface area contributed by atoms with Gasteiger partial charge in [-0.3, -0.25) is 14.2 Å². The minimum atomic E-state index is -0.200. The van der Waals surface area contributed by atoms with E-state index in [0.29, 0.717) is 28.7 Å². The first-order valence-electron chi connectivity index (χ1n) is 12.0. The van der Waals surface area contributed by atoms with Gasteiger partial charge < -0.3 is 14.8 Å². The van der Waals surface area contributed by atoms with Crippen molar-refractivity contribution in [3.63, 3.8) is 0 Å². The number of benzene rings is 2. The van der Waals surface area contributed by atoms with E-state index in [0.717, 1.165) is 21.4 Å². The normalized spacial score (nSPS) is 26.2. The van der Waals surface area contributed by atoms with E-state index < -0.39 is 0 Å². The predicted molar refractivity (Wildman–Crippen MR) is 139 cm³/mol. The molecule has 2 bridgehead atoms. The number of ether oxygens (including phenoxy) is 2. The van der Waals surface area contributed by atoms with E-state index in [-0.39, 0.29) is 23.2 Å². The predicted octanol–water partition coefficient (Wildman–Crippen LogP) is 5.22. The molecular formula is C27H28N2O4S2. The Hall–Kier alpha value is -2.71. The smallest absolute Gasteiger partial charge is 0.308 e. The number of thiazole rings is 1. The number of fused-ring (bicyclic) bond motifs is 6. The van der Waals surface area contributed by atoms with Crippen LogP contribution in [0.4, 0.5) is 5.69 Å². The number of nitrogens with zero attached hydrogens (tertiary/aromatic N) is 1. The van der Waals surface area contributed by atoms with Crippen molar-refractivity contribution >= 4 is 34.7 Å². The molecule has 3 aliphatic rings. The van der Waals surface area contributed by atoms with Crippen LogP contribution in [0.15, 0.2) is 58.4 Å². The number of carbonyl (C=O) groups is 1. The van der Waals surface area contributed by atoms with Crippen molar-refractivity contribution in [2.75, 3.05) is 19.5 Å². The molecule has 3 aromatic rings. The summed E-state index contributed by atoms with van der Waals surface area (Å²) in [5.41, 5.74) is 1.93. The van der Waals surface area contributed by atoms with Gasteiger partial charge in [0.1, 0.15) is 18.0 Å². The Morgan fingerprint density at radius 1 is 1.00 bits per heavy atom. The summed E-state index contributed by atoms with van der Waals surface area (Å²) in [4.78, 5) is 27.2. The zero-order valence-corrected chi connectivity index (χ0v) is 21.4. The number of methoxy groups -OCH3 is 2. The molecular weight excluding hydrogens is 480 g/mol. The number of aromatic nitrogens is 1. The summed E-state index contributed by atoms with van der Waals surface area (Å²) in [5, 5.41) is 4.41. The molecule has 6 nitrogen and oxygen atoms in total. The van der Waals surface area contributed by atoms with Gasteiger partial charge in [-0.15, -0.1) is 11.8 Å². The molecule has 1 aliphatic heterocycles. The Balaban J connectivity index is 1.33. The third-order valence-electron chi connectivity index (χ3n) is 7.84. The molecule has 0 radical (unpaired) electrons. The third kappa shape index (κ3) is 3.96. The fourth-order valence-corrected chi connectivity index (χ4v) is 9.44. The van der Waals surface area contributed by atoms with Gasteiger partial charge in [0.25, 0.3) is 0 Å². The molecule has 1 amide bonds. The fraction of sp³-hybridized carbons (Fsp3) is 0.407. The summed E-state index contributed by atoms with van der Waals surface area (Å²) in [7, 11) is 3.29. The minimum Gasteiger partial charge on any atom is -0.497 e. The summed E-state index contributed by atoms with van der Waals surface area (Å²) in [5.74, 6) is 3.51. The highest BCUT2D eigenvalue weighted by atomic mass is 32.2. The molecule has 1 N–H and O–H groups in total. The van der Waals surface area contributed by atoms with Crippen molar-refractivity contribution in [3.8, 4) is 11.5 Å². The average Bonchev–Trinajstić information content (AvgIpc) is 3.58. The molecule has 8 heteroatoms. The van der Waals surface area contributed by atoms with Crippen LogP contribution in [-0.2, 0) is 11.3 Å². The first-order chi connectivity index (χ1) is 17.1. The van der Waals surface area contributed by atoms with E-state index in [1.807, 2.05) is 23.9 Å². The number of nitrogens with one attached hydrogen (secondary N) is 1. The number of rotatable bonds is 6. The van der Waals surface area contributed by atoms with Crippen LogP contribution in [0.1, 0.15) is 35.6 Å². The largest absolute Gasteiger partial charge is 0.497 e. The van der Waals surface area contributed by atoms with E-state index in [4.69, 9.17) is 9.47 Å². The third-order valence-corrected chi connectivity index (χ3v) is 10.7. The second kappa shape index (κ2) is 9.06. The molecule has 2 heterocycles. The highest BCUT2D eigenvalue weighted by Crippen LogP contribution is 2.64. The van der Waals surface area contributed by atoms with Crippen molar-refractivity contribution in [3.05, 3.63) is 68.6 Å². The maximum absolute atomic E-state index is 13.2. The topological polar surface area (TPSA) is 69.6 Å². The Labute approximate surface area is 212 Å². The summed E-state index contributed by atoms with van der Waals surface area (Å²) in [6, 6.07) is 15.5. The Morgan fingerprint density at radius 2 is 1.66 bits per heavy atom. The van der Waals surface area contributed by atoms with Gasteiger partial charge in [-0.2, -0.15) is 0 Å². The second-order valence-corrected chi connectivity index (χ2v) is 11.8. The monoisotopic (exact) mass is 508 g/mol. The number of anilines is 1.